The summed E-state index contributed by atoms with van der Waals surface area (Å²) in [7, 11) is 1.59. The highest BCUT2D eigenvalue weighted by Crippen LogP contribution is 2.31. The molecule has 20 heavy (non-hydrogen) atoms. The molecule has 0 aliphatic rings. The van der Waals surface area contributed by atoms with Crippen LogP contribution in [-0.2, 0) is 11.3 Å². The van der Waals surface area contributed by atoms with Crippen molar-refractivity contribution in [3.63, 3.8) is 0 Å². The molecule has 5 heteroatoms. The lowest BCUT2D eigenvalue weighted by atomic mass is 10.0. The van der Waals surface area contributed by atoms with Gasteiger partial charge in [0.1, 0.15) is 23.9 Å². The molecule has 0 saturated carbocycles. The van der Waals surface area contributed by atoms with Crippen molar-refractivity contribution >= 4 is 11.6 Å². The molecule has 0 aliphatic heterocycles. The third kappa shape index (κ3) is 3.20. The summed E-state index contributed by atoms with van der Waals surface area (Å²) < 4.78 is 24.8. The summed E-state index contributed by atoms with van der Waals surface area (Å²) in [5.41, 5.74) is 0.398. The Morgan fingerprint density at radius 1 is 1.35 bits per heavy atom. The summed E-state index contributed by atoms with van der Waals surface area (Å²) in [6.07, 6.45) is 0. The Morgan fingerprint density at radius 3 is 2.80 bits per heavy atom. The van der Waals surface area contributed by atoms with Crippen molar-refractivity contribution in [2.45, 2.75) is 19.6 Å². The summed E-state index contributed by atoms with van der Waals surface area (Å²) in [6.45, 7) is 2.99. The number of furan rings is 1. The third-order valence-electron chi connectivity index (χ3n) is 2.95. The second kappa shape index (κ2) is 6.88. The lowest BCUT2D eigenvalue weighted by Crippen LogP contribution is -2.23. The topological polar surface area (TPSA) is 34.4 Å². The Morgan fingerprint density at radius 2 is 2.15 bits per heavy atom. The zero-order valence-corrected chi connectivity index (χ0v) is 12.2. The molecular weight excluding hydrogens is 281 g/mol. The van der Waals surface area contributed by atoms with E-state index in [1.807, 2.05) is 19.1 Å². The summed E-state index contributed by atoms with van der Waals surface area (Å²) in [6, 6.07) is 7.86. The molecule has 108 valence electrons. The van der Waals surface area contributed by atoms with Crippen LogP contribution in [0.5, 0.6) is 0 Å². The van der Waals surface area contributed by atoms with Gasteiger partial charge in [-0.05, 0) is 30.8 Å². The molecule has 0 aliphatic carbocycles. The van der Waals surface area contributed by atoms with Crippen LogP contribution in [0.3, 0.4) is 0 Å². The molecule has 0 saturated heterocycles. The van der Waals surface area contributed by atoms with Crippen molar-refractivity contribution in [2.75, 3.05) is 13.7 Å². The number of benzene rings is 1. The van der Waals surface area contributed by atoms with Gasteiger partial charge in [0.15, 0.2) is 0 Å². The third-order valence-corrected chi connectivity index (χ3v) is 3.28. The maximum Gasteiger partial charge on any atom is 0.129 e. The van der Waals surface area contributed by atoms with Gasteiger partial charge in [0.05, 0.1) is 6.04 Å². The van der Waals surface area contributed by atoms with E-state index in [0.717, 1.165) is 0 Å². The van der Waals surface area contributed by atoms with Crippen molar-refractivity contribution in [1.82, 2.24) is 5.32 Å². The fraction of sp³-hybridized carbons (Fsp3) is 0.333. The van der Waals surface area contributed by atoms with Gasteiger partial charge in [-0.3, -0.25) is 0 Å². The van der Waals surface area contributed by atoms with Crippen molar-refractivity contribution in [1.29, 1.82) is 0 Å². The number of nitrogens with one attached hydrogen (secondary N) is 1. The molecule has 1 atom stereocenters. The van der Waals surface area contributed by atoms with Crippen LogP contribution in [-0.4, -0.2) is 13.7 Å². The van der Waals surface area contributed by atoms with E-state index in [0.29, 0.717) is 35.3 Å². The zero-order chi connectivity index (χ0) is 14.5. The summed E-state index contributed by atoms with van der Waals surface area (Å²) >= 11 is 6.13. The molecule has 2 rings (SSSR count). The summed E-state index contributed by atoms with van der Waals surface area (Å²) in [5.74, 6) is 0.955. The largest absolute Gasteiger partial charge is 0.462 e. The van der Waals surface area contributed by atoms with Crippen LogP contribution in [0.25, 0.3) is 0 Å². The fourth-order valence-corrected chi connectivity index (χ4v) is 2.38. The van der Waals surface area contributed by atoms with Crippen molar-refractivity contribution < 1.29 is 13.5 Å². The average molecular weight is 298 g/mol. The van der Waals surface area contributed by atoms with Crippen LogP contribution in [0, 0.1) is 5.82 Å². The fourth-order valence-electron chi connectivity index (χ4n) is 2.11. The van der Waals surface area contributed by atoms with Crippen molar-refractivity contribution in [3.05, 3.63) is 58.3 Å². The smallest absolute Gasteiger partial charge is 0.129 e. The number of ether oxygens (including phenoxy) is 1. The highest BCUT2D eigenvalue weighted by Gasteiger charge is 2.23. The Kier molecular flexibility index (Phi) is 5.17. The molecule has 2 aromatic rings. The number of methoxy groups -OCH3 is 1. The van der Waals surface area contributed by atoms with E-state index in [9.17, 15) is 4.39 Å². The maximum absolute atomic E-state index is 14.1. The highest BCUT2D eigenvalue weighted by molar-refractivity contribution is 6.31. The molecule has 3 nitrogen and oxygen atoms in total. The van der Waals surface area contributed by atoms with Crippen LogP contribution < -0.4 is 5.32 Å². The van der Waals surface area contributed by atoms with Crippen molar-refractivity contribution in [3.8, 4) is 0 Å². The molecule has 1 unspecified atom stereocenters. The molecule has 1 aromatic carbocycles. The van der Waals surface area contributed by atoms with Gasteiger partial charge in [0.2, 0.25) is 0 Å². The van der Waals surface area contributed by atoms with Gasteiger partial charge in [0, 0.05) is 17.7 Å². The molecule has 0 bridgehead atoms. The SMILES string of the molecule is CCNC(c1ccc(COC)o1)c1c(F)cccc1Cl. The monoisotopic (exact) mass is 297 g/mol. The van der Waals surface area contributed by atoms with E-state index < -0.39 is 6.04 Å². The van der Waals surface area contributed by atoms with Gasteiger partial charge >= 0.3 is 0 Å². The first kappa shape index (κ1) is 15.0. The molecule has 1 aromatic heterocycles. The number of halogens is 2. The predicted molar refractivity (Wildman–Crippen MR) is 76.4 cm³/mol. The minimum absolute atomic E-state index is 0.354. The molecule has 0 fully saturated rings. The van der Waals surface area contributed by atoms with Crippen LogP contribution in [0.1, 0.15) is 30.0 Å². The number of rotatable bonds is 6. The molecule has 0 spiro atoms. The van der Waals surface area contributed by atoms with E-state index >= 15 is 0 Å². The molecule has 0 radical (unpaired) electrons. The predicted octanol–water partition coefficient (Wildman–Crippen LogP) is 3.92. The van der Waals surface area contributed by atoms with E-state index in [1.165, 1.54) is 6.07 Å². The Hall–Kier alpha value is -1.36. The van der Waals surface area contributed by atoms with E-state index in [1.54, 1.807) is 19.2 Å². The standard InChI is InChI=1S/C15H17ClFNO2/c1-3-18-15(13-8-7-10(20-13)9-19-2)14-11(16)5-4-6-12(14)17/h4-8,15,18H,3,9H2,1-2H3. The van der Waals surface area contributed by atoms with Crippen LogP contribution >= 0.6 is 11.6 Å². The zero-order valence-electron chi connectivity index (χ0n) is 11.5. The van der Waals surface area contributed by atoms with Gasteiger partial charge < -0.3 is 14.5 Å². The minimum atomic E-state index is -0.417. The van der Waals surface area contributed by atoms with E-state index in [2.05, 4.69) is 5.32 Å². The first-order chi connectivity index (χ1) is 9.67. The number of hydrogen-bond donors (Lipinski definition) is 1. The lowest BCUT2D eigenvalue weighted by Gasteiger charge is -2.18. The van der Waals surface area contributed by atoms with E-state index in [4.69, 9.17) is 20.8 Å². The van der Waals surface area contributed by atoms with Crippen LogP contribution in [0.4, 0.5) is 4.39 Å². The molecule has 1 heterocycles. The first-order valence-electron chi connectivity index (χ1n) is 6.42. The van der Waals surface area contributed by atoms with Crippen molar-refractivity contribution in [2.24, 2.45) is 0 Å². The second-order valence-corrected chi connectivity index (χ2v) is 4.77. The van der Waals surface area contributed by atoms with Crippen LogP contribution in [0.2, 0.25) is 5.02 Å². The van der Waals surface area contributed by atoms with Gasteiger partial charge in [-0.25, -0.2) is 4.39 Å². The lowest BCUT2D eigenvalue weighted by molar-refractivity contribution is 0.162. The van der Waals surface area contributed by atoms with Gasteiger partial charge in [-0.15, -0.1) is 0 Å². The van der Waals surface area contributed by atoms with E-state index in [-0.39, 0.29) is 5.82 Å². The van der Waals surface area contributed by atoms with Gasteiger partial charge in [0.25, 0.3) is 0 Å². The average Bonchev–Trinajstić information content (AvgIpc) is 2.86. The highest BCUT2D eigenvalue weighted by atomic mass is 35.5. The second-order valence-electron chi connectivity index (χ2n) is 4.36. The number of hydrogen-bond acceptors (Lipinski definition) is 3. The molecule has 1 N–H and O–H groups in total. The Balaban J connectivity index is 2.39. The minimum Gasteiger partial charge on any atom is -0.462 e. The summed E-state index contributed by atoms with van der Waals surface area (Å²) in [4.78, 5) is 0. The Labute approximate surface area is 122 Å². The quantitative estimate of drug-likeness (QED) is 0.877. The molecule has 0 amide bonds. The van der Waals surface area contributed by atoms with Crippen LogP contribution in [0.15, 0.2) is 34.7 Å². The van der Waals surface area contributed by atoms with Gasteiger partial charge in [-0.2, -0.15) is 0 Å². The first-order valence-corrected chi connectivity index (χ1v) is 6.80. The maximum atomic E-state index is 14.1. The normalized spacial score (nSPS) is 12.6. The Bertz CT molecular complexity index is 551. The molecular formula is C15H17ClFNO2. The van der Waals surface area contributed by atoms with Gasteiger partial charge in [-0.1, -0.05) is 24.6 Å². The summed E-state index contributed by atoms with van der Waals surface area (Å²) in [5, 5.41) is 3.57.